The molecule has 0 saturated carbocycles. The van der Waals surface area contributed by atoms with Crippen molar-refractivity contribution in [3.8, 4) is 0 Å². The number of furan rings is 1. The SMILES string of the molecule is OC(c1ccc(Br)c(Br)c1)c1cc2ccccc2o1. The van der Waals surface area contributed by atoms with Crippen LogP contribution in [0.5, 0.6) is 0 Å². The van der Waals surface area contributed by atoms with Crippen molar-refractivity contribution in [2.75, 3.05) is 0 Å². The molecule has 0 aliphatic carbocycles. The summed E-state index contributed by atoms with van der Waals surface area (Å²) < 4.78 is 7.53. The Morgan fingerprint density at radius 3 is 2.47 bits per heavy atom. The molecule has 1 heterocycles. The van der Waals surface area contributed by atoms with Crippen molar-refractivity contribution in [2.24, 2.45) is 0 Å². The van der Waals surface area contributed by atoms with Gasteiger partial charge in [0.25, 0.3) is 0 Å². The Kier molecular flexibility index (Phi) is 3.48. The van der Waals surface area contributed by atoms with Crippen LogP contribution >= 0.6 is 31.9 Å². The average Bonchev–Trinajstić information content (AvgIpc) is 2.85. The molecule has 0 radical (unpaired) electrons. The number of rotatable bonds is 2. The monoisotopic (exact) mass is 380 g/mol. The first-order valence-electron chi connectivity index (χ1n) is 5.76. The van der Waals surface area contributed by atoms with Gasteiger partial charge in [0.2, 0.25) is 0 Å². The van der Waals surface area contributed by atoms with E-state index in [9.17, 15) is 5.11 Å². The van der Waals surface area contributed by atoms with Crippen LogP contribution in [0.2, 0.25) is 0 Å². The lowest BCUT2D eigenvalue weighted by Crippen LogP contribution is -1.97. The summed E-state index contributed by atoms with van der Waals surface area (Å²) in [7, 11) is 0. The zero-order valence-electron chi connectivity index (χ0n) is 9.81. The lowest BCUT2D eigenvalue weighted by molar-refractivity contribution is 0.192. The normalized spacial score (nSPS) is 12.8. The first kappa shape index (κ1) is 12.9. The summed E-state index contributed by atoms with van der Waals surface area (Å²) in [6, 6.07) is 15.2. The van der Waals surface area contributed by atoms with Crippen LogP contribution in [0.25, 0.3) is 11.0 Å². The second kappa shape index (κ2) is 5.12. The minimum Gasteiger partial charge on any atom is -0.458 e. The number of hydrogen-bond donors (Lipinski definition) is 1. The van der Waals surface area contributed by atoms with E-state index in [1.807, 2.05) is 48.5 Å². The second-order valence-electron chi connectivity index (χ2n) is 4.26. The first-order chi connectivity index (χ1) is 9.15. The minimum atomic E-state index is -0.767. The number of fused-ring (bicyclic) bond motifs is 1. The molecule has 0 saturated heterocycles. The van der Waals surface area contributed by atoms with Gasteiger partial charge in [0.15, 0.2) is 0 Å². The number of hydrogen-bond acceptors (Lipinski definition) is 2. The summed E-state index contributed by atoms with van der Waals surface area (Å²) in [4.78, 5) is 0. The number of aliphatic hydroxyl groups excluding tert-OH is 1. The van der Waals surface area contributed by atoms with Gasteiger partial charge in [-0.05, 0) is 61.7 Å². The summed E-state index contributed by atoms with van der Waals surface area (Å²) in [5.74, 6) is 0.551. The number of aliphatic hydroxyl groups is 1. The summed E-state index contributed by atoms with van der Waals surface area (Å²) in [6.45, 7) is 0. The molecule has 96 valence electrons. The van der Waals surface area contributed by atoms with E-state index in [-0.39, 0.29) is 0 Å². The molecule has 0 spiro atoms. The van der Waals surface area contributed by atoms with Crippen molar-refractivity contribution in [2.45, 2.75) is 6.10 Å². The molecule has 0 bridgehead atoms. The van der Waals surface area contributed by atoms with Crippen LogP contribution in [0.4, 0.5) is 0 Å². The Balaban J connectivity index is 2.02. The molecule has 1 N–H and O–H groups in total. The van der Waals surface area contributed by atoms with E-state index in [0.717, 1.165) is 25.5 Å². The van der Waals surface area contributed by atoms with Crippen LogP contribution in [-0.4, -0.2) is 5.11 Å². The Hall–Kier alpha value is -1.10. The zero-order valence-corrected chi connectivity index (χ0v) is 13.0. The van der Waals surface area contributed by atoms with E-state index in [1.165, 1.54) is 0 Å². The number of para-hydroxylation sites is 1. The maximum Gasteiger partial charge on any atom is 0.138 e. The largest absolute Gasteiger partial charge is 0.458 e. The summed E-state index contributed by atoms with van der Waals surface area (Å²) in [5.41, 5.74) is 1.57. The van der Waals surface area contributed by atoms with Crippen molar-refractivity contribution < 1.29 is 9.52 Å². The zero-order chi connectivity index (χ0) is 13.4. The van der Waals surface area contributed by atoms with Crippen molar-refractivity contribution >= 4 is 42.8 Å². The van der Waals surface area contributed by atoms with Gasteiger partial charge < -0.3 is 9.52 Å². The summed E-state index contributed by atoms with van der Waals surface area (Å²) >= 11 is 6.84. The van der Waals surface area contributed by atoms with Gasteiger partial charge in [-0.2, -0.15) is 0 Å². The Morgan fingerprint density at radius 1 is 0.947 bits per heavy atom. The van der Waals surface area contributed by atoms with Crippen LogP contribution in [0.1, 0.15) is 17.4 Å². The average molecular weight is 382 g/mol. The Bertz CT molecular complexity index is 701. The van der Waals surface area contributed by atoms with Gasteiger partial charge in [-0.3, -0.25) is 0 Å². The lowest BCUT2D eigenvalue weighted by atomic mass is 10.1. The molecule has 0 aliphatic heterocycles. The van der Waals surface area contributed by atoms with Gasteiger partial charge in [-0.1, -0.05) is 24.3 Å². The van der Waals surface area contributed by atoms with E-state index in [4.69, 9.17) is 4.42 Å². The van der Waals surface area contributed by atoms with Gasteiger partial charge in [0, 0.05) is 14.3 Å². The molecule has 19 heavy (non-hydrogen) atoms. The van der Waals surface area contributed by atoms with E-state index < -0.39 is 6.10 Å². The molecule has 1 atom stereocenters. The van der Waals surface area contributed by atoms with Gasteiger partial charge >= 0.3 is 0 Å². The molecule has 3 rings (SSSR count). The smallest absolute Gasteiger partial charge is 0.138 e. The predicted octanol–water partition coefficient (Wildman–Crippen LogP) is 5.04. The maximum atomic E-state index is 10.4. The molecule has 0 amide bonds. The molecule has 3 aromatic rings. The highest BCUT2D eigenvalue weighted by Crippen LogP contribution is 2.31. The summed E-state index contributed by atoms with van der Waals surface area (Å²) in [6.07, 6.45) is -0.767. The number of halogens is 2. The van der Waals surface area contributed by atoms with E-state index in [2.05, 4.69) is 31.9 Å². The fourth-order valence-electron chi connectivity index (χ4n) is 1.98. The lowest BCUT2D eigenvalue weighted by Gasteiger charge is -2.09. The van der Waals surface area contributed by atoms with Gasteiger partial charge in [-0.25, -0.2) is 0 Å². The second-order valence-corrected chi connectivity index (χ2v) is 5.97. The fourth-order valence-corrected chi connectivity index (χ4v) is 2.63. The third-order valence-electron chi connectivity index (χ3n) is 2.97. The first-order valence-corrected chi connectivity index (χ1v) is 7.35. The topological polar surface area (TPSA) is 33.4 Å². The van der Waals surface area contributed by atoms with Crippen LogP contribution < -0.4 is 0 Å². The summed E-state index contributed by atoms with van der Waals surface area (Å²) in [5, 5.41) is 11.4. The highest BCUT2D eigenvalue weighted by molar-refractivity contribution is 9.13. The van der Waals surface area contributed by atoms with E-state index in [0.29, 0.717) is 5.76 Å². The molecule has 4 heteroatoms. The minimum absolute atomic E-state index is 0.551. The van der Waals surface area contributed by atoms with E-state index in [1.54, 1.807) is 0 Å². The van der Waals surface area contributed by atoms with E-state index >= 15 is 0 Å². The standard InChI is InChI=1S/C15H10Br2O2/c16-11-6-5-10(7-12(11)17)15(18)14-8-9-3-1-2-4-13(9)19-14/h1-8,15,18H. The molecule has 1 aromatic heterocycles. The van der Waals surface area contributed by atoms with Gasteiger partial charge in [0.05, 0.1) is 0 Å². The van der Waals surface area contributed by atoms with Crippen LogP contribution in [0.15, 0.2) is 61.9 Å². The molecular formula is C15H10Br2O2. The van der Waals surface area contributed by atoms with Crippen molar-refractivity contribution in [3.05, 3.63) is 68.8 Å². The number of benzene rings is 2. The molecule has 0 fully saturated rings. The predicted molar refractivity (Wildman–Crippen MR) is 82.1 cm³/mol. The fraction of sp³-hybridized carbons (Fsp3) is 0.0667. The maximum absolute atomic E-state index is 10.4. The highest BCUT2D eigenvalue weighted by atomic mass is 79.9. The van der Waals surface area contributed by atoms with Gasteiger partial charge in [-0.15, -0.1) is 0 Å². The quantitative estimate of drug-likeness (QED) is 0.674. The van der Waals surface area contributed by atoms with Crippen LogP contribution in [0, 0.1) is 0 Å². The molecule has 2 nitrogen and oxygen atoms in total. The van der Waals surface area contributed by atoms with Crippen LogP contribution in [-0.2, 0) is 0 Å². The Morgan fingerprint density at radius 2 is 1.74 bits per heavy atom. The van der Waals surface area contributed by atoms with Crippen LogP contribution in [0.3, 0.4) is 0 Å². The third kappa shape index (κ3) is 2.48. The highest BCUT2D eigenvalue weighted by Gasteiger charge is 2.16. The Labute approximate surface area is 127 Å². The molecule has 0 aliphatic rings. The van der Waals surface area contributed by atoms with Crippen molar-refractivity contribution in [1.29, 1.82) is 0 Å². The van der Waals surface area contributed by atoms with Gasteiger partial charge in [0.1, 0.15) is 17.4 Å². The third-order valence-corrected chi connectivity index (χ3v) is 4.85. The van der Waals surface area contributed by atoms with Crippen molar-refractivity contribution in [1.82, 2.24) is 0 Å². The molecule has 1 unspecified atom stereocenters. The molecule has 2 aromatic carbocycles. The molecular weight excluding hydrogens is 372 g/mol. The van der Waals surface area contributed by atoms with Crippen molar-refractivity contribution in [3.63, 3.8) is 0 Å².